The monoisotopic (exact) mass is 344 g/mol. The van der Waals surface area contributed by atoms with Gasteiger partial charge in [-0.2, -0.15) is 0 Å². The third-order valence-corrected chi connectivity index (χ3v) is 4.09. The summed E-state index contributed by atoms with van der Waals surface area (Å²) < 4.78 is 16.3. The Balaban J connectivity index is 2.68. The SMILES string of the molecule is CCC[C@H](N)C(=O)C(NC(=O)OCc1ccccc1)P(=O)(O)O. The van der Waals surface area contributed by atoms with E-state index in [1.54, 1.807) is 37.3 Å². The van der Waals surface area contributed by atoms with Crippen molar-refractivity contribution < 1.29 is 28.7 Å². The molecule has 23 heavy (non-hydrogen) atoms. The van der Waals surface area contributed by atoms with Crippen LogP contribution in [0.15, 0.2) is 30.3 Å². The molecule has 1 amide bonds. The van der Waals surface area contributed by atoms with Gasteiger partial charge in [0.05, 0.1) is 6.04 Å². The maximum absolute atomic E-state index is 12.0. The molecule has 0 fully saturated rings. The van der Waals surface area contributed by atoms with Gasteiger partial charge < -0.3 is 25.6 Å². The molecular formula is C14H21N2O6P. The number of nitrogens with two attached hydrogens (primary N) is 1. The second-order valence-electron chi connectivity index (χ2n) is 5.00. The lowest BCUT2D eigenvalue weighted by atomic mass is 10.1. The van der Waals surface area contributed by atoms with Crippen LogP contribution in [0.2, 0.25) is 0 Å². The normalized spacial score (nSPS) is 13.9. The molecule has 9 heteroatoms. The lowest BCUT2D eigenvalue weighted by molar-refractivity contribution is -0.120. The second-order valence-corrected chi connectivity index (χ2v) is 6.69. The van der Waals surface area contributed by atoms with E-state index in [0.717, 1.165) is 0 Å². The maximum Gasteiger partial charge on any atom is 0.408 e. The number of benzene rings is 1. The molecule has 0 aromatic heterocycles. The fraction of sp³-hybridized carbons (Fsp3) is 0.429. The fourth-order valence-corrected chi connectivity index (χ4v) is 2.65. The van der Waals surface area contributed by atoms with E-state index in [1.165, 1.54) is 0 Å². The van der Waals surface area contributed by atoms with E-state index in [0.29, 0.717) is 12.0 Å². The van der Waals surface area contributed by atoms with Gasteiger partial charge in [0, 0.05) is 0 Å². The molecule has 5 N–H and O–H groups in total. The molecule has 1 aromatic rings. The highest BCUT2D eigenvalue weighted by Crippen LogP contribution is 2.40. The van der Waals surface area contributed by atoms with E-state index in [1.807, 2.05) is 5.32 Å². The number of ketones is 1. The molecule has 8 nitrogen and oxygen atoms in total. The molecule has 1 aromatic carbocycles. The molecule has 0 aliphatic rings. The van der Waals surface area contributed by atoms with Gasteiger partial charge in [0.2, 0.25) is 0 Å². The van der Waals surface area contributed by atoms with Gasteiger partial charge >= 0.3 is 13.7 Å². The third-order valence-electron chi connectivity index (χ3n) is 3.04. The predicted octanol–water partition coefficient (Wildman–Crippen LogP) is 1.11. The van der Waals surface area contributed by atoms with Crippen molar-refractivity contribution in [2.24, 2.45) is 5.73 Å². The number of hydrogen-bond acceptors (Lipinski definition) is 5. The van der Waals surface area contributed by atoms with Crippen molar-refractivity contribution in [2.75, 3.05) is 0 Å². The summed E-state index contributed by atoms with van der Waals surface area (Å²) in [6.45, 7) is 1.69. The summed E-state index contributed by atoms with van der Waals surface area (Å²) in [5.74, 6) is -2.93. The lowest BCUT2D eigenvalue weighted by Gasteiger charge is -2.21. The highest BCUT2D eigenvalue weighted by molar-refractivity contribution is 7.53. The molecule has 2 atom stereocenters. The zero-order valence-corrected chi connectivity index (χ0v) is 13.6. The zero-order chi connectivity index (χ0) is 17.5. The van der Waals surface area contributed by atoms with Crippen LogP contribution in [0, 0.1) is 0 Å². The average molecular weight is 344 g/mol. The minimum atomic E-state index is -4.90. The molecule has 0 spiro atoms. The Bertz CT molecular complexity index is 574. The van der Waals surface area contributed by atoms with Gasteiger partial charge in [-0.05, 0) is 12.0 Å². The summed E-state index contributed by atoms with van der Waals surface area (Å²) in [6, 6.07) is 7.67. The molecule has 0 aliphatic heterocycles. The second kappa shape index (κ2) is 8.79. The highest BCUT2D eigenvalue weighted by Gasteiger charge is 2.39. The van der Waals surface area contributed by atoms with Crippen LogP contribution in [0.4, 0.5) is 4.79 Å². The topological polar surface area (TPSA) is 139 Å². The maximum atomic E-state index is 12.0. The number of ether oxygens (including phenoxy) is 1. The van der Waals surface area contributed by atoms with Gasteiger partial charge in [-0.25, -0.2) is 4.79 Å². The minimum Gasteiger partial charge on any atom is -0.445 e. The van der Waals surface area contributed by atoms with Gasteiger partial charge in [-0.1, -0.05) is 43.7 Å². The molecule has 1 rings (SSSR count). The summed E-state index contributed by atoms with van der Waals surface area (Å²) >= 11 is 0. The van der Waals surface area contributed by atoms with Crippen LogP contribution in [0.1, 0.15) is 25.3 Å². The number of rotatable bonds is 8. The van der Waals surface area contributed by atoms with Gasteiger partial charge in [-0.3, -0.25) is 9.36 Å². The van der Waals surface area contributed by atoms with Crippen LogP contribution in [0.3, 0.4) is 0 Å². The summed E-state index contributed by atoms with van der Waals surface area (Å²) in [7, 11) is -4.90. The summed E-state index contributed by atoms with van der Waals surface area (Å²) in [5, 5.41) is 1.91. The van der Waals surface area contributed by atoms with Gasteiger partial charge in [0.1, 0.15) is 6.61 Å². The Morgan fingerprint density at radius 1 is 1.30 bits per heavy atom. The van der Waals surface area contributed by atoms with E-state index in [-0.39, 0.29) is 13.0 Å². The van der Waals surface area contributed by atoms with E-state index in [9.17, 15) is 23.9 Å². The van der Waals surface area contributed by atoms with Crippen molar-refractivity contribution >= 4 is 19.5 Å². The van der Waals surface area contributed by atoms with Crippen molar-refractivity contribution in [2.45, 2.75) is 38.2 Å². The van der Waals surface area contributed by atoms with Crippen LogP contribution in [-0.4, -0.2) is 33.5 Å². The number of hydrogen-bond donors (Lipinski definition) is 4. The number of alkyl carbamates (subject to hydrolysis) is 1. The van der Waals surface area contributed by atoms with E-state index in [2.05, 4.69) is 0 Å². The standard InChI is InChI=1S/C14H21N2O6P/c1-2-6-11(15)12(17)13(23(19,20)21)16-14(18)22-9-10-7-4-3-5-8-10/h3-5,7-8,11,13H,2,6,9,15H2,1H3,(H,16,18)(H2,19,20,21)/t11-,13?/m0/s1. The fourth-order valence-electron chi connectivity index (χ4n) is 1.85. The summed E-state index contributed by atoms with van der Waals surface area (Å²) in [5.41, 5.74) is 6.28. The lowest BCUT2D eigenvalue weighted by Crippen LogP contribution is -2.48. The number of Topliss-reactive ketones (excluding diaryl/α,β-unsaturated/α-hetero) is 1. The molecule has 0 bridgehead atoms. The summed E-state index contributed by atoms with van der Waals surface area (Å²) in [6.07, 6.45) is -0.269. The molecule has 0 radical (unpaired) electrons. The first-order chi connectivity index (χ1) is 10.8. The Kier molecular flexibility index (Phi) is 7.38. The van der Waals surface area contributed by atoms with Crippen molar-refractivity contribution in [3.05, 3.63) is 35.9 Å². The molecule has 128 valence electrons. The molecule has 0 aliphatic carbocycles. The van der Waals surface area contributed by atoms with Crippen molar-refractivity contribution in [3.8, 4) is 0 Å². The highest BCUT2D eigenvalue weighted by atomic mass is 31.2. The summed E-state index contributed by atoms with van der Waals surface area (Å²) in [4.78, 5) is 42.2. The predicted molar refractivity (Wildman–Crippen MR) is 83.5 cm³/mol. The molecule has 1 unspecified atom stereocenters. The van der Waals surface area contributed by atoms with Crippen LogP contribution >= 0.6 is 7.60 Å². The Labute approximate surface area is 134 Å². The largest absolute Gasteiger partial charge is 0.445 e. The van der Waals surface area contributed by atoms with Crippen molar-refractivity contribution in [1.29, 1.82) is 0 Å². The quantitative estimate of drug-likeness (QED) is 0.518. The van der Waals surface area contributed by atoms with Crippen LogP contribution in [0.5, 0.6) is 0 Å². The molecule has 0 saturated heterocycles. The Morgan fingerprint density at radius 3 is 2.43 bits per heavy atom. The van der Waals surface area contributed by atoms with Gasteiger partial charge in [0.25, 0.3) is 0 Å². The van der Waals surface area contributed by atoms with Crippen LogP contribution < -0.4 is 11.1 Å². The van der Waals surface area contributed by atoms with E-state index >= 15 is 0 Å². The number of carbonyl (C=O) groups is 2. The van der Waals surface area contributed by atoms with Crippen molar-refractivity contribution in [1.82, 2.24) is 5.32 Å². The van der Waals surface area contributed by atoms with Gasteiger partial charge in [-0.15, -0.1) is 0 Å². The van der Waals surface area contributed by atoms with Gasteiger partial charge in [0.15, 0.2) is 11.6 Å². The molecule has 0 saturated carbocycles. The Hall–Kier alpha value is -1.73. The number of nitrogens with one attached hydrogen (secondary N) is 1. The number of amides is 1. The first kappa shape index (κ1) is 19.3. The number of carbonyl (C=O) groups excluding carboxylic acids is 2. The first-order valence-electron chi connectivity index (χ1n) is 7.07. The molecule has 0 heterocycles. The zero-order valence-electron chi connectivity index (χ0n) is 12.7. The average Bonchev–Trinajstić information content (AvgIpc) is 2.50. The van der Waals surface area contributed by atoms with Crippen molar-refractivity contribution in [3.63, 3.8) is 0 Å². The molecular weight excluding hydrogens is 323 g/mol. The Morgan fingerprint density at radius 2 is 1.91 bits per heavy atom. The van der Waals surface area contributed by atoms with E-state index in [4.69, 9.17) is 10.5 Å². The smallest absolute Gasteiger partial charge is 0.408 e. The van der Waals surface area contributed by atoms with E-state index < -0.39 is 31.3 Å². The van der Waals surface area contributed by atoms with Crippen LogP contribution in [-0.2, 0) is 20.7 Å². The first-order valence-corrected chi connectivity index (χ1v) is 8.75. The minimum absolute atomic E-state index is 0.0875. The third kappa shape index (κ3) is 6.50. The van der Waals surface area contributed by atoms with Crippen LogP contribution in [0.25, 0.3) is 0 Å².